The van der Waals surface area contributed by atoms with Crippen LogP contribution < -0.4 is 0 Å². The lowest BCUT2D eigenvalue weighted by Crippen LogP contribution is -2.69. The predicted octanol–water partition coefficient (Wildman–Crippen LogP) is 4.29. The Morgan fingerprint density at radius 3 is 1.04 bits per heavy atom. The van der Waals surface area contributed by atoms with Crippen LogP contribution in [0.2, 0.25) is 0 Å². The Hall–Kier alpha value is -0.530. The Kier molecular flexibility index (Phi) is 2.60. The van der Waals surface area contributed by atoms with Crippen molar-refractivity contribution < 1.29 is 4.79 Å². The van der Waals surface area contributed by atoms with Crippen LogP contribution in [0.5, 0.6) is 0 Å². The quantitative estimate of drug-likeness (QED) is 0.712. The zero-order valence-electron chi connectivity index (χ0n) is 14.3. The molecule has 0 N–H and O–H groups in total. The molecule has 2 heteroatoms. The van der Waals surface area contributed by atoms with Gasteiger partial charge in [-0.15, -0.1) is 0 Å². The molecule has 8 fully saturated rings. The molecule has 0 aliphatic heterocycles. The monoisotopic (exact) mass is 312 g/mol. The Bertz CT molecular complexity index is 423. The lowest BCUT2D eigenvalue weighted by atomic mass is 9.49. The highest BCUT2D eigenvalue weighted by Gasteiger charge is 2.61. The summed E-state index contributed by atoms with van der Waals surface area (Å²) in [6.45, 7) is 0. The molecule has 8 bridgehead atoms. The van der Waals surface area contributed by atoms with Gasteiger partial charge >= 0.3 is 6.41 Å². The molecule has 0 unspecified atom stereocenters. The third-order valence-corrected chi connectivity index (χ3v) is 9.05. The molecule has 1 radical (unpaired) electrons. The number of nitrogens with zero attached hydrogens (tertiary/aromatic N) is 1. The fourth-order valence-corrected chi connectivity index (χ4v) is 9.37. The number of carbonyl (C=O) groups excluding carboxylic acids is 1. The van der Waals surface area contributed by atoms with E-state index in [1.165, 1.54) is 77.0 Å². The summed E-state index contributed by atoms with van der Waals surface area (Å²) >= 11 is 0. The minimum atomic E-state index is 0.224. The van der Waals surface area contributed by atoms with E-state index in [0.717, 1.165) is 35.5 Å². The molecule has 0 saturated heterocycles. The van der Waals surface area contributed by atoms with Gasteiger partial charge in [-0.05, 0) is 113 Å². The largest absolute Gasteiger partial charge is 0.323 e. The Morgan fingerprint density at radius 1 is 0.565 bits per heavy atom. The summed E-state index contributed by atoms with van der Waals surface area (Å²) in [6.07, 6.45) is 19.3. The standard InChI is InChI=1S/C21H30NO/c23-13-22(20-7-14-1-15(8-20)3-16(2-14)9-20)21-10-17-4-18(11-21)6-19(5-17)12-21/h14-19H,1-12H2. The van der Waals surface area contributed by atoms with Gasteiger partial charge in [-0.25, -0.2) is 0 Å². The van der Waals surface area contributed by atoms with Crippen molar-refractivity contribution in [1.29, 1.82) is 0 Å². The molecule has 8 rings (SSSR count). The van der Waals surface area contributed by atoms with Gasteiger partial charge in [0.2, 0.25) is 0 Å². The first kappa shape index (κ1) is 13.7. The van der Waals surface area contributed by atoms with Crippen LogP contribution in [0, 0.1) is 35.5 Å². The summed E-state index contributed by atoms with van der Waals surface area (Å²) in [7, 11) is 0. The van der Waals surface area contributed by atoms with E-state index in [9.17, 15) is 4.79 Å². The second-order valence-electron chi connectivity index (χ2n) is 10.7. The zero-order valence-corrected chi connectivity index (χ0v) is 14.3. The fourth-order valence-electron chi connectivity index (χ4n) is 9.37. The highest BCUT2D eigenvalue weighted by molar-refractivity contribution is 5.53. The second kappa shape index (κ2) is 4.35. The highest BCUT2D eigenvalue weighted by Crippen LogP contribution is 2.63. The maximum Gasteiger partial charge on any atom is 0.313 e. The van der Waals surface area contributed by atoms with Crippen molar-refractivity contribution in [3.63, 3.8) is 0 Å². The molecule has 23 heavy (non-hydrogen) atoms. The first-order chi connectivity index (χ1) is 11.2. The van der Waals surface area contributed by atoms with Gasteiger partial charge in [0.1, 0.15) is 0 Å². The molecule has 0 atom stereocenters. The maximum atomic E-state index is 12.3. The molecular weight excluding hydrogens is 282 g/mol. The summed E-state index contributed by atoms with van der Waals surface area (Å²) in [5.41, 5.74) is 0.449. The molecule has 1 amide bonds. The average Bonchev–Trinajstić information content (AvgIpc) is 2.43. The van der Waals surface area contributed by atoms with Crippen molar-refractivity contribution in [2.75, 3.05) is 0 Å². The van der Waals surface area contributed by atoms with E-state index < -0.39 is 0 Å². The molecule has 0 aromatic carbocycles. The minimum Gasteiger partial charge on any atom is -0.323 e. The third kappa shape index (κ3) is 1.79. The first-order valence-electron chi connectivity index (χ1n) is 10.3. The van der Waals surface area contributed by atoms with E-state index in [4.69, 9.17) is 0 Å². The van der Waals surface area contributed by atoms with Crippen LogP contribution in [0.15, 0.2) is 0 Å². The van der Waals surface area contributed by atoms with Crippen molar-refractivity contribution in [2.24, 2.45) is 35.5 Å². The van der Waals surface area contributed by atoms with Gasteiger partial charge < -0.3 is 4.90 Å². The highest BCUT2D eigenvalue weighted by atomic mass is 16.1. The number of hydrogen-bond donors (Lipinski definition) is 0. The Labute approximate surface area is 140 Å². The summed E-state index contributed by atoms with van der Waals surface area (Å²) in [5, 5.41) is 0. The van der Waals surface area contributed by atoms with Gasteiger partial charge in [-0.1, -0.05) is 0 Å². The van der Waals surface area contributed by atoms with E-state index in [1.807, 2.05) is 0 Å². The van der Waals surface area contributed by atoms with Gasteiger partial charge in [-0.2, -0.15) is 0 Å². The second-order valence-corrected chi connectivity index (χ2v) is 10.7. The van der Waals surface area contributed by atoms with E-state index in [2.05, 4.69) is 11.3 Å². The van der Waals surface area contributed by atoms with E-state index >= 15 is 0 Å². The number of amides is 1. The fraction of sp³-hybridized carbons (Fsp3) is 0.952. The van der Waals surface area contributed by atoms with Crippen LogP contribution in [0.1, 0.15) is 77.0 Å². The van der Waals surface area contributed by atoms with Crippen molar-refractivity contribution in [1.82, 2.24) is 4.90 Å². The van der Waals surface area contributed by atoms with Crippen molar-refractivity contribution in [2.45, 2.75) is 88.1 Å². The maximum absolute atomic E-state index is 12.3. The van der Waals surface area contributed by atoms with E-state index in [-0.39, 0.29) is 11.1 Å². The van der Waals surface area contributed by atoms with Crippen molar-refractivity contribution >= 4 is 6.41 Å². The molecule has 8 aliphatic carbocycles. The number of hydrogen-bond acceptors (Lipinski definition) is 1. The Morgan fingerprint density at radius 2 is 0.826 bits per heavy atom. The predicted molar refractivity (Wildman–Crippen MR) is 89.3 cm³/mol. The minimum absolute atomic E-state index is 0.224. The van der Waals surface area contributed by atoms with E-state index in [0.29, 0.717) is 0 Å². The topological polar surface area (TPSA) is 20.3 Å². The van der Waals surface area contributed by atoms with Crippen LogP contribution in [-0.4, -0.2) is 22.4 Å². The smallest absolute Gasteiger partial charge is 0.313 e. The molecule has 0 spiro atoms. The van der Waals surface area contributed by atoms with Crippen LogP contribution in [0.3, 0.4) is 0 Å². The summed E-state index contributed by atoms with van der Waals surface area (Å²) in [5.74, 6) is 5.53. The number of rotatable bonds is 3. The van der Waals surface area contributed by atoms with Crippen LogP contribution in [0.4, 0.5) is 0 Å². The summed E-state index contributed by atoms with van der Waals surface area (Å²) in [6, 6.07) is 0. The molecule has 8 aliphatic rings. The zero-order chi connectivity index (χ0) is 15.2. The normalized spacial score (nSPS) is 58.6. The average molecular weight is 312 g/mol. The molecule has 0 aromatic heterocycles. The molecule has 125 valence electrons. The molecule has 8 saturated carbocycles. The van der Waals surface area contributed by atoms with Gasteiger partial charge in [0.15, 0.2) is 0 Å². The van der Waals surface area contributed by atoms with E-state index in [1.54, 1.807) is 0 Å². The van der Waals surface area contributed by atoms with Crippen LogP contribution >= 0.6 is 0 Å². The van der Waals surface area contributed by atoms with Gasteiger partial charge in [0.25, 0.3) is 0 Å². The molecular formula is C21H30NO. The van der Waals surface area contributed by atoms with Gasteiger partial charge in [-0.3, -0.25) is 4.79 Å². The lowest BCUT2D eigenvalue weighted by Gasteiger charge is -2.67. The molecule has 0 heterocycles. The van der Waals surface area contributed by atoms with Gasteiger partial charge in [0, 0.05) is 11.1 Å². The first-order valence-corrected chi connectivity index (χ1v) is 10.3. The molecule has 2 nitrogen and oxygen atoms in total. The van der Waals surface area contributed by atoms with Crippen LogP contribution in [0.25, 0.3) is 0 Å². The third-order valence-electron chi connectivity index (χ3n) is 9.05. The summed E-state index contributed by atoms with van der Waals surface area (Å²) in [4.78, 5) is 14.7. The molecule has 0 aromatic rings. The van der Waals surface area contributed by atoms with Crippen molar-refractivity contribution in [3.05, 3.63) is 0 Å². The summed E-state index contributed by atoms with van der Waals surface area (Å²) < 4.78 is 0. The van der Waals surface area contributed by atoms with Crippen LogP contribution in [-0.2, 0) is 4.79 Å². The Balaban J connectivity index is 1.39. The SMILES string of the molecule is O=[C]N(C12CC3CC(CC(C3)C1)C2)C12CC3CC(CC(C3)C1)C2. The lowest BCUT2D eigenvalue weighted by molar-refractivity contribution is -0.146. The van der Waals surface area contributed by atoms with Crippen molar-refractivity contribution in [3.8, 4) is 0 Å². The van der Waals surface area contributed by atoms with Gasteiger partial charge in [0.05, 0.1) is 0 Å².